The average Bonchev–Trinajstić information content (AvgIpc) is 3.74. The number of nitrogens with two attached hydrogens (primary N) is 2. The molecule has 0 unspecified atom stereocenters. The molecule has 18 nitrogen and oxygen atoms in total. The first-order valence-electron chi connectivity index (χ1n) is 20.0. The molecule has 0 saturated carbocycles. The predicted octanol–water partition coefficient (Wildman–Crippen LogP) is 5.81. The molecule has 0 fully saturated rings. The Bertz CT molecular complexity index is 2880. The Morgan fingerprint density at radius 3 is 1.78 bits per heavy atom. The van der Waals surface area contributed by atoms with E-state index in [4.69, 9.17) is 30.4 Å². The Kier molecular flexibility index (Phi) is 14.3. The molecule has 5 aromatic carbocycles. The largest absolute Gasteiger partial charge is 0.497 e. The number of alkyl carbamates (subject to hydrolysis) is 1. The van der Waals surface area contributed by atoms with E-state index in [1.54, 1.807) is 101 Å². The number of nitrogens with zero attached hydrogens (tertiary/aromatic N) is 6. The summed E-state index contributed by atoms with van der Waals surface area (Å²) in [4.78, 5) is 12.5. The molecule has 6 rings (SSSR count). The Morgan fingerprint density at radius 1 is 0.754 bits per heavy atom. The van der Waals surface area contributed by atoms with Gasteiger partial charge in [-0.25, -0.2) is 21.6 Å². The van der Waals surface area contributed by atoms with Crippen molar-refractivity contribution in [1.82, 2.24) is 29.8 Å². The van der Waals surface area contributed by atoms with Gasteiger partial charge >= 0.3 is 6.09 Å². The summed E-state index contributed by atoms with van der Waals surface area (Å²) in [7, 11) is -5.06. The van der Waals surface area contributed by atoms with Gasteiger partial charge in [0.05, 0.1) is 61.0 Å². The van der Waals surface area contributed by atoms with E-state index in [1.165, 1.54) is 37.2 Å². The van der Waals surface area contributed by atoms with Gasteiger partial charge in [-0.15, -0.1) is 10.2 Å². The summed E-state index contributed by atoms with van der Waals surface area (Å²) in [6.07, 6.45) is -0.867. The number of sulfone groups is 1. The molecule has 0 aliphatic carbocycles. The summed E-state index contributed by atoms with van der Waals surface area (Å²) < 4.78 is 83.7. The minimum atomic E-state index is -4.99. The van der Waals surface area contributed by atoms with Crippen LogP contribution in [0.4, 0.5) is 16.2 Å². The normalized spacial score (nSPS) is 11.8. The highest BCUT2D eigenvalue weighted by Gasteiger charge is 2.38. The molecular weight excluding hydrogens is 875 g/mol. The third kappa shape index (κ3) is 11.1. The van der Waals surface area contributed by atoms with Crippen LogP contribution in [0.25, 0.3) is 22.5 Å². The highest BCUT2D eigenvalue weighted by atomic mass is 32.2. The van der Waals surface area contributed by atoms with Crippen molar-refractivity contribution >= 4 is 37.3 Å². The van der Waals surface area contributed by atoms with E-state index in [-0.39, 0.29) is 59.1 Å². The number of carbonyl (C=O) groups is 1. The number of tetrazole rings is 1. The Balaban J connectivity index is 1.63. The van der Waals surface area contributed by atoms with Crippen LogP contribution in [0.15, 0.2) is 107 Å². The lowest BCUT2D eigenvalue weighted by molar-refractivity contribution is 0.0531. The highest BCUT2D eigenvalue weighted by molar-refractivity contribution is 7.93. The zero-order chi connectivity index (χ0) is 47.1. The molecule has 0 aliphatic heterocycles. The molecule has 5 N–H and O–H groups in total. The van der Waals surface area contributed by atoms with Crippen molar-refractivity contribution in [1.29, 1.82) is 5.26 Å². The number of carbonyl (C=O) groups excluding carboxylic acids is 1. The molecule has 340 valence electrons. The summed E-state index contributed by atoms with van der Waals surface area (Å²) in [5, 5.41) is 25.4. The topological polar surface area (TPSA) is 257 Å². The van der Waals surface area contributed by atoms with E-state index in [2.05, 4.69) is 20.7 Å². The smallest absolute Gasteiger partial charge is 0.407 e. The number of nitrogens with one attached hydrogen (secondary N) is 1. The van der Waals surface area contributed by atoms with Crippen LogP contribution in [0.2, 0.25) is 0 Å². The zero-order valence-electron chi connectivity index (χ0n) is 36.6. The van der Waals surface area contributed by atoms with Crippen molar-refractivity contribution < 1.29 is 40.6 Å². The second-order valence-electron chi connectivity index (χ2n) is 15.6. The van der Waals surface area contributed by atoms with Crippen molar-refractivity contribution in [3.05, 3.63) is 119 Å². The summed E-state index contributed by atoms with van der Waals surface area (Å²) in [6, 6.07) is 28.0. The first-order valence-corrected chi connectivity index (χ1v) is 23.1. The third-order valence-corrected chi connectivity index (χ3v) is 13.7. The maximum atomic E-state index is 15.9. The molecule has 0 radical (unpaired) electrons. The maximum Gasteiger partial charge on any atom is 0.407 e. The first kappa shape index (κ1) is 47.3. The number of sulfonamides is 1. The summed E-state index contributed by atoms with van der Waals surface area (Å²) in [5.74, 6) is 0.670. The van der Waals surface area contributed by atoms with Crippen LogP contribution < -0.4 is 31.0 Å². The van der Waals surface area contributed by atoms with Gasteiger partial charge in [0.1, 0.15) is 33.8 Å². The number of methoxy groups -OCH3 is 3. The minimum Gasteiger partial charge on any atom is -0.497 e. The molecule has 1 amide bonds. The van der Waals surface area contributed by atoms with Gasteiger partial charge in [0.2, 0.25) is 15.8 Å². The first-order chi connectivity index (χ1) is 30.9. The number of nitriles is 1. The number of benzene rings is 5. The standard InChI is InChI=1S/C45H49N9O9S2/c1-45(2,3)63-44(55)49-23-24-64(56,57)38-22-21-36(37-20-13-32(25-46)40(47)41(37)48)39(43-50-52-54(51-43)28-31-11-18-35(62-6)19-12-31)42(38)65(58,59)53(26-29-7-14-33(60-4)15-8-29)27-30-9-16-34(61-5)17-10-30/h7-22H,23-24,26-28,47-48H2,1-6H3,(H,49,55). The quantitative estimate of drug-likeness (QED) is 0.0913. The van der Waals surface area contributed by atoms with Gasteiger partial charge in [-0.2, -0.15) is 14.4 Å². The van der Waals surface area contributed by atoms with Gasteiger partial charge in [0.25, 0.3) is 0 Å². The Hall–Kier alpha value is -7.21. The van der Waals surface area contributed by atoms with Crippen LogP contribution in [0.5, 0.6) is 17.2 Å². The van der Waals surface area contributed by atoms with E-state index in [9.17, 15) is 18.5 Å². The van der Waals surface area contributed by atoms with Crippen LogP contribution in [0, 0.1) is 11.3 Å². The number of amides is 1. The lowest BCUT2D eigenvalue weighted by atomic mass is 9.95. The maximum absolute atomic E-state index is 15.9. The fourth-order valence-electron chi connectivity index (χ4n) is 6.72. The molecule has 20 heteroatoms. The van der Waals surface area contributed by atoms with E-state index < -0.39 is 53.6 Å². The number of hydrogen-bond acceptors (Lipinski definition) is 15. The number of rotatable bonds is 17. The lowest BCUT2D eigenvalue weighted by Crippen LogP contribution is -2.35. The summed E-state index contributed by atoms with van der Waals surface area (Å²) in [6.45, 7) is 4.12. The molecular formula is C45H49N9O9S2. The SMILES string of the molecule is COc1ccc(CN(Cc2ccc(OC)cc2)S(=O)(=O)c2c(S(=O)(=O)CCNC(=O)OC(C)(C)C)ccc(-c3ccc(C#N)c(N)c3N)c2-c2nnn(Cc3ccc(OC)cc3)n2)cc1. The van der Waals surface area contributed by atoms with Gasteiger partial charge in [0, 0.05) is 25.2 Å². The average molecular weight is 924 g/mol. The van der Waals surface area contributed by atoms with Crippen molar-refractivity contribution in [2.45, 2.75) is 55.8 Å². The van der Waals surface area contributed by atoms with Gasteiger partial charge in [-0.05, 0) is 96.8 Å². The van der Waals surface area contributed by atoms with E-state index in [0.29, 0.717) is 28.4 Å². The third-order valence-electron chi connectivity index (χ3n) is 9.99. The second kappa shape index (κ2) is 19.7. The monoisotopic (exact) mass is 923 g/mol. The Morgan fingerprint density at radius 2 is 1.28 bits per heavy atom. The summed E-state index contributed by atoms with van der Waals surface area (Å²) >= 11 is 0. The predicted molar refractivity (Wildman–Crippen MR) is 243 cm³/mol. The Labute approximate surface area is 377 Å². The number of nitrogen functional groups attached to an aromatic ring is 2. The fraction of sp³-hybridized carbons (Fsp3) is 0.267. The molecule has 0 spiro atoms. The van der Waals surface area contributed by atoms with Crippen LogP contribution in [0.1, 0.15) is 43.0 Å². The zero-order valence-corrected chi connectivity index (χ0v) is 38.2. The number of aromatic nitrogens is 4. The minimum absolute atomic E-state index is 0.0612. The molecule has 1 heterocycles. The highest BCUT2D eigenvalue weighted by Crippen LogP contribution is 2.44. The van der Waals surface area contributed by atoms with Crippen molar-refractivity contribution in [3.63, 3.8) is 0 Å². The van der Waals surface area contributed by atoms with Gasteiger partial charge in [-0.3, -0.25) is 0 Å². The van der Waals surface area contributed by atoms with Crippen LogP contribution in [-0.4, -0.2) is 86.7 Å². The fourth-order valence-corrected chi connectivity index (χ4v) is 10.3. The number of hydrogen-bond donors (Lipinski definition) is 3. The second-order valence-corrected chi connectivity index (χ2v) is 19.6. The van der Waals surface area contributed by atoms with E-state index >= 15 is 8.42 Å². The van der Waals surface area contributed by atoms with Gasteiger partial charge in [0.15, 0.2) is 9.84 Å². The summed E-state index contributed by atoms with van der Waals surface area (Å²) in [5.41, 5.74) is 13.8. The van der Waals surface area contributed by atoms with Crippen molar-refractivity contribution in [2.24, 2.45) is 0 Å². The molecule has 6 aromatic rings. The molecule has 0 bridgehead atoms. The molecule has 0 saturated heterocycles. The van der Waals surface area contributed by atoms with Crippen LogP contribution in [0.3, 0.4) is 0 Å². The van der Waals surface area contributed by atoms with Gasteiger partial charge in [-0.1, -0.05) is 48.5 Å². The molecule has 65 heavy (non-hydrogen) atoms. The van der Waals surface area contributed by atoms with E-state index in [0.717, 1.165) is 15.9 Å². The van der Waals surface area contributed by atoms with Crippen molar-refractivity contribution in [3.8, 4) is 45.8 Å². The number of ether oxygens (including phenoxy) is 4. The van der Waals surface area contributed by atoms with E-state index in [1.807, 2.05) is 6.07 Å². The van der Waals surface area contributed by atoms with Crippen molar-refractivity contribution in [2.75, 3.05) is 45.1 Å². The number of anilines is 2. The lowest BCUT2D eigenvalue weighted by Gasteiger charge is -2.26. The molecule has 0 atom stereocenters. The van der Waals surface area contributed by atoms with Gasteiger partial charge < -0.3 is 35.7 Å². The molecule has 0 aliphatic rings. The van der Waals surface area contributed by atoms with Crippen LogP contribution in [-0.2, 0) is 44.2 Å². The molecule has 1 aromatic heterocycles. The van der Waals surface area contributed by atoms with Crippen LogP contribution >= 0.6 is 0 Å².